The van der Waals surface area contributed by atoms with Crippen LogP contribution in [0, 0.1) is 0 Å². The van der Waals surface area contributed by atoms with E-state index in [4.69, 9.17) is 0 Å². The predicted molar refractivity (Wildman–Crippen MR) is 43.0 cm³/mol. The molecule has 1 aliphatic rings. The van der Waals surface area contributed by atoms with Crippen molar-refractivity contribution in [3.8, 4) is 0 Å². The standard InChI is InChI=1S/C6H12N2S/c1-6(2)4-9-5(7-3)8-6/h4H2,1-3H3,(H,7,8). The predicted octanol–water partition coefficient (Wildman–Crippen LogP) is 1.09. The molecule has 0 saturated carbocycles. The molecular formula is C6H12N2S. The Labute approximate surface area is 60.1 Å². The number of nitrogens with one attached hydrogen (secondary N) is 1. The third kappa shape index (κ3) is 1.61. The zero-order valence-electron chi connectivity index (χ0n) is 6.06. The van der Waals surface area contributed by atoms with E-state index in [-0.39, 0.29) is 5.54 Å². The van der Waals surface area contributed by atoms with Crippen LogP contribution in [0.2, 0.25) is 0 Å². The van der Waals surface area contributed by atoms with E-state index >= 15 is 0 Å². The average molecular weight is 144 g/mol. The lowest BCUT2D eigenvalue weighted by Gasteiger charge is -2.15. The third-order valence-electron chi connectivity index (χ3n) is 1.22. The van der Waals surface area contributed by atoms with Crippen LogP contribution >= 0.6 is 11.8 Å². The van der Waals surface area contributed by atoms with Crippen LogP contribution in [0.25, 0.3) is 0 Å². The second kappa shape index (κ2) is 2.21. The molecule has 1 heterocycles. The van der Waals surface area contributed by atoms with Gasteiger partial charge in [-0.1, -0.05) is 11.8 Å². The summed E-state index contributed by atoms with van der Waals surface area (Å²) in [6.45, 7) is 4.36. The minimum absolute atomic E-state index is 0.250. The first kappa shape index (κ1) is 6.93. The van der Waals surface area contributed by atoms with Gasteiger partial charge in [-0.25, -0.2) is 0 Å². The summed E-state index contributed by atoms with van der Waals surface area (Å²) in [4.78, 5) is 4.05. The molecule has 1 saturated heterocycles. The van der Waals surface area contributed by atoms with Gasteiger partial charge < -0.3 is 5.32 Å². The lowest BCUT2D eigenvalue weighted by Crippen LogP contribution is -2.36. The normalized spacial score (nSPS) is 28.6. The molecule has 9 heavy (non-hydrogen) atoms. The van der Waals surface area contributed by atoms with E-state index < -0.39 is 0 Å². The van der Waals surface area contributed by atoms with Crippen molar-refractivity contribution in [1.82, 2.24) is 5.32 Å². The number of aliphatic imine (C=N–C) groups is 1. The molecule has 0 unspecified atom stereocenters. The maximum absolute atomic E-state index is 4.05. The van der Waals surface area contributed by atoms with Crippen LogP contribution in [0.4, 0.5) is 0 Å². The fourth-order valence-electron chi connectivity index (χ4n) is 0.731. The molecule has 0 aromatic carbocycles. The van der Waals surface area contributed by atoms with E-state index in [0.29, 0.717) is 0 Å². The molecule has 1 aliphatic heterocycles. The molecule has 52 valence electrons. The van der Waals surface area contributed by atoms with Gasteiger partial charge in [-0.2, -0.15) is 0 Å². The number of thioether (sulfide) groups is 1. The Bertz CT molecular complexity index is 140. The Hall–Kier alpha value is -0.180. The number of amidine groups is 1. The summed E-state index contributed by atoms with van der Waals surface area (Å²) >= 11 is 1.79. The van der Waals surface area contributed by atoms with Gasteiger partial charge in [0, 0.05) is 18.3 Å². The molecule has 0 spiro atoms. The van der Waals surface area contributed by atoms with E-state index in [2.05, 4.69) is 24.2 Å². The first-order valence-electron chi connectivity index (χ1n) is 3.02. The summed E-state index contributed by atoms with van der Waals surface area (Å²) in [5.74, 6) is 1.12. The summed E-state index contributed by atoms with van der Waals surface area (Å²) in [6, 6.07) is 0. The Morgan fingerprint density at radius 2 is 2.33 bits per heavy atom. The van der Waals surface area contributed by atoms with E-state index in [1.807, 2.05) is 7.05 Å². The van der Waals surface area contributed by atoms with Crippen LogP contribution in [0.3, 0.4) is 0 Å². The Morgan fingerprint density at radius 3 is 2.56 bits per heavy atom. The van der Waals surface area contributed by atoms with Crippen molar-refractivity contribution in [1.29, 1.82) is 0 Å². The Morgan fingerprint density at radius 1 is 1.67 bits per heavy atom. The molecule has 2 nitrogen and oxygen atoms in total. The lowest BCUT2D eigenvalue weighted by molar-refractivity contribution is 0.537. The number of hydrogen-bond acceptors (Lipinski definition) is 2. The molecule has 1 rings (SSSR count). The topological polar surface area (TPSA) is 24.4 Å². The van der Waals surface area contributed by atoms with Crippen LogP contribution < -0.4 is 5.32 Å². The van der Waals surface area contributed by atoms with Gasteiger partial charge in [0.25, 0.3) is 0 Å². The van der Waals surface area contributed by atoms with Crippen LogP contribution in [-0.2, 0) is 0 Å². The second-order valence-corrected chi connectivity index (χ2v) is 3.79. The van der Waals surface area contributed by atoms with Gasteiger partial charge in [0.1, 0.15) is 0 Å². The maximum Gasteiger partial charge on any atom is 0.156 e. The van der Waals surface area contributed by atoms with Gasteiger partial charge in [0.05, 0.1) is 0 Å². The highest BCUT2D eigenvalue weighted by Gasteiger charge is 2.26. The van der Waals surface area contributed by atoms with E-state index in [1.165, 1.54) is 0 Å². The zero-order chi connectivity index (χ0) is 6.91. The van der Waals surface area contributed by atoms with Crippen molar-refractivity contribution < 1.29 is 0 Å². The molecule has 0 amide bonds. The van der Waals surface area contributed by atoms with E-state index in [1.54, 1.807) is 11.8 Å². The number of hydrogen-bond donors (Lipinski definition) is 1. The number of rotatable bonds is 0. The van der Waals surface area contributed by atoms with Gasteiger partial charge in [0.2, 0.25) is 0 Å². The van der Waals surface area contributed by atoms with Gasteiger partial charge in [-0.15, -0.1) is 0 Å². The monoisotopic (exact) mass is 144 g/mol. The van der Waals surface area contributed by atoms with Crippen molar-refractivity contribution in [3.63, 3.8) is 0 Å². The van der Waals surface area contributed by atoms with Crippen molar-refractivity contribution in [2.24, 2.45) is 4.99 Å². The van der Waals surface area contributed by atoms with Crippen LogP contribution in [0.5, 0.6) is 0 Å². The molecule has 0 atom stereocenters. The largest absolute Gasteiger partial charge is 0.359 e. The fourth-order valence-corrected chi connectivity index (χ4v) is 1.78. The SMILES string of the molecule is CN=C1NC(C)(C)CS1. The second-order valence-electron chi connectivity index (χ2n) is 2.83. The third-order valence-corrected chi connectivity index (χ3v) is 2.64. The fraction of sp³-hybridized carbons (Fsp3) is 0.833. The highest BCUT2D eigenvalue weighted by molar-refractivity contribution is 8.14. The molecule has 3 heteroatoms. The Balaban J connectivity index is 2.57. The summed E-state index contributed by atoms with van der Waals surface area (Å²) in [5, 5.41) is 4.36. The van der Waals surface area contributed by atoms with Gasteiger partial charge >= 0.3 is 0 Å². The molecule has 0 bridgehead atoms. The van der Waals surface area contributed by atoms with Crippen LogP contribution in [0.15, 0.2) is 4.99 Å². The molecule has 1 fully saturated rings. The smallest absolute Gasteiger partial charge is 0.156 e. The first-order valence-corrected chi connectivity index (χ1v) is 4.00. The zero-order valence-corrected chi connectivity index (χ0v) is 6.88. The molecule has 0 radical (unpaired) electrons. The molecule has 0 aliphatic carbocycles. The highest BCUT2D eigenvalue weighted by atomic mass is 32.2. The molecular weight excluding hydrogens is 132 g/mol. The molecule has 0 aromatic heterocycles. The highest BCUT2D eigenvalue weighted by Crippen LogP contribution is 2.21. The summed E-state index contributed by atoms with van der Waals surface area (Å²) < 4.78 is 0. The van der Waals surface area contributed by atoms with Crippen molar-refractivity contribution in [3.05, 3.63) is 0 Å². The van der Waals surface area contributed by atoms with Crippen molar-refractivity contribution in [2.75, 3.05) is 12.8 Å². The van der Waals surface area contributed by atoms with E-state index in [0.717, 1.165) is 10.9 Å². The van der Waals surface area contributed by atoms with Gasteiger partial charge in [-0.05, 0) is 13.8 Å². The summed E-state index contributed by atoms with van der Waals surface area (Å²) in [7, 11) is 1.82. The Kier molecular flexibility index (Phi) is 1.70. The van der Waals surface area contributed by atoms with Crippen molar-refractivity contribution >= 4 is 16.9 Å². The summed E-state index contributed by atoms with van der Waals surface area (Å²) in [6.07, 6.45) is 0. The summed E-state index contributed by atoms with van der Waals surface area (Å²) in [5.41, 5.74) is 0.250. The van der Waals surface area contributed by atoms with Crippen molar-refractivity contribution in [2.45, 2.75) is 19.4 Å². The minimum atomic E-state index is 0.250. The minimum Gasteiger partial charge on any atom is -0.359 e. The quantitative estimate of drug-likeness (QED) is 0.550. The van der Waals surface area contributed by atoms with Crippen LogP contribution in [0.1, 0.15) is 13.8 Å². The maximum atomic E-state index is 4.05. The van der Waals surface area contributed by atoms with Crippen LogP contribution in [-0.4, -0.2) is 23.5 Å². The molecule has 0 aromatic rings. The first-order chi connectivity index (χ1) is 4.14. The van der Waals surface area contributed by atoms with Gasteiger partial charge in [-0.3, -0.25) is 4.99 Å². The average Bonchev–Trinajstić information content (AvgIpc) is 2.10. The van der Waals surface area contributed by atoms with E-state index in [9.17, 15) is 0 Å². The lowest BCUT2D eigenvalue weighted by atomic mass is 10.1. The molecule has 1 N–H and O–H groups in total. The number of nitrogens with zero attached hydrogens (tertiary/aromatic N) is 1. The van der Waals surface area contributed by atoms with Gasteiger partial charge in [0.15, 0.2) is 5.17 Å².